The van der Waals surface area contributed by atoms with Crippen LogP contribution in [0.3, 0.4) is 0 Å². The normalized spacial score (nSPS) is 12.1. The maximum Gasteiger partial charge on any atom is 0.304 e. The zero-order valence-electron chi connectivity index (χ0n) is 12.4. The van der Waals surface area contributed by atoms with E-state index in [0.29, 0.717) is 19.7 Å². The van der Waals surface area contributed by atoms with Gasteiger partial charge < -0.3 is 15.2 Å². The van der Waals surface area contributed by atoms with Crippen molar-refractivity contribution in [3.8, 4) is 0 Å². The Balaban J connectivity index is 2.62. The number of rotatable bonds is 9. The molecule has 1 rings (SSSR count). The van der Waals surface area contributed by atoms with Crippen LogP contribution in [0.2, 0.25) is 0 Å². The van der Waals surface area contributed by atoms with Gasteiger partial charge in [-0.15, -0.1) is 0 Å². The molecule has 6 heteroatoms. The Hall–Kier alpha value is -1.92. The summed E-state index contributed by atoms with van der Waals surface area (Å²) in [6.07, 6.45) is -0.00727. The van der Waals surface area contributed by atoms with Gasteiger partial charge in [0.15, 0.2) is 0 Å². The first-order chi connectivity index (χ1) is 10.0. The van der Waals surface area contributed by atoms with Crippen LogP contribution in [0.4, 0.5) is 5.69 Å². The van der Waals surface area contributed by atoms with Crippen LogP contribution in [0.15, 0.2) is 30.3 Å². The molecule has 0 spiro atoms. The summed E-state index contributed by atoms with van der Waals surface area (Å²) in [6, 6.07) is 8.74. The molecule has 2 N–H and O–H groups in total. The van der Waals surface area contributed by atoms with Crippen LogP contribution in [0.5, 0.6) is 0 Å². The highest BCUT2D eigenvalue weighted by atomic mass is 16.5. The van der Waals surface area contributed by atoms with E-state index in [1.807, 2.05) is 18.2 Å². The first-order valence-corrected chi connectivity index (χ1v) is 6.85. The number of aliphatic carboxylic acids is 1. The van der Waals surface area contributed by atoms with Gasteiger partial charge >= 0.3 is 5.97 Å². The number of nitrogens with zero attached hydrogens (tertiary/aromatic N) is 1. The molecule has 0 heterocycles. The molecule has 0 saturated carbocycles. The lowest BCUT2D eigenvalue weighted by Gasteiger charge is -2.27. The van der Waals surface area contributed by atoms with Crippen LogP contribution < -0.4 is 5.32 Å². The average molecular weight is 294 g/mol. The molecule has 0 radical (unpaired) electrons. The topological polar surface area (TPSA) is 78.9 Å². The predicted octanol–water partition coefficient (Wildman–Crippen LogP) is 1.44. The molecular formula is C15H22N2O4. The molecule has 0 saturated heterocycles. The number of carboxylic acid groups (broad SMARTS) is 1. The molecule has 0 aliphatic heterocycles. The summed E-state index contributed by atoms with van der Waals surface area (Å²) in [5.41, 5.74) is 0.722. The Labute approximate surface area is 124 Å². The molecule has 1 atom stereocenters. The maximum atomic E-state index is 12.2. The molecule has 21 heavy (non-hydrogen) atoms. The quantitative estimate of drug-likeness (QED) is 0.720. The SMILES string of the molecule is COCCN(CCC(=O)O)C(C)C(=O)Nc1ccccc1. The number of para-hydroxylation sites is 1. The van der Waals surface area contributed by atoms with Gasteiger partial charge in [-0.25, -0.2) is 0 Å². The largest absolute Gasteiger partial charge is 0.481 e. The third kappa shape index (κ3) is 6.37. The monoisotopic (exact) mass is 294 g/mol. The Morgan fingerprint density at radius 3 is 2.52 bits per heavy atom. The minimum atomic E-state index is -0.881. The smallest absolute Gasteiger partial charge is 0.304 e. The lowest BCUT2D eigenvalue weighted by Crippen LogP contribution is -2.44. The van der Waals surface area contributed by atoms with Crippen LogP contribution in [-0.4, -0.2) is 54.7 Å². The number of carbonyl (C=O) groups excluding carboxylic acids is 1. The van der Waals surface area contributed by atoms with Crippen molar-refractivity contribution >= 4 is 17.6 Å². The Kier molecular flexibility index (Phi) is 7.42. The number of methoxy groups -OCH3 is 1. The summed E-state index contributed by atoms with van der Waals surface area (Å²) in [4.78, 5) is 24.7. The van der Waals surface area contributed by atoms with E-state index in [9.17, 15) is 9.59 Å². The lowest BCUT2D eigenvalue weighted by molar-refractivity contribution is -0.138. The van der Waals surface area contributed by atoms with E-state index in [-0.39, 0.29) is 12.3 Å². The summed E-state index contributed by atoms with van der Waals surface area (Å²) < 4.78 is 5.01. The van der Waals surface area contributed by atoms with E-state index in [0.717, 1.165) is 5.69 Å². The van der Waals surface area contributed by atoms with Crippen LogP contribution >= 0.6 is 0 Å². The number of hydrogen-bond acceptors (Lipinski definition) is 4. The van der Waals surface area contributed by atoms with Crippen LogP contribution in [-0.2, 0) is 14.3 Å². The number of amides is 1. The van der Waals surface area contributed by atoms with Crippen molar-refractivity contribution in [1.82, 2.24) is 4.90 Å². The van der Waals surface area contributed by atoms with E-state index in [1.165, 1.54) is 0 Å². The Bertz CT molecular complexity index is 450. The van der Waals surface area contributed by atoms with Gasteiger partial charge in [0.2, 0.25) is 5.91 Å². The lowest BCUT2D eigenvalue weighted by atomic mass is 10.2. The molecule has 1 aromatic carbocycles. The minimum Gasteiger partial charge on any atom is -0.481 e. The summed E-state index contributed by atoms with van der Waals surface area (Å²) in [5.74, 6) is -1.05. The van der Waals surface area contributed by atoms with Crippen molar-refractivity contribution in [1.29, 1.82) is 0 Å². The number of ether oxygens (including phenoxy) is 1. The molecule has 116 valence electrons. The van der Waals surface area contributed by atoms with Crippen molar-refractivity contribution < 1.29 is 19.4 Å². The Morgan fingerprint density at radius 2 is 1.95 bits per heavy atom. The maximum absolute atomic E-state index is 12.2. The number of hydrogen-bond donors (Lipinski definition) is 2. The second-order valence-corrected chi connectivity index (χ2v) is 4.70. The molecule has 1 amide bonds. The van der Waals surface area contributed by atoms with Crippen molar-refractivity contribution in [3.63, 3.8) is 0 Å². The second-order valence-electron chi connectivity index (χ2n) is 4.70. The molecular weight excluding hydrogens is 272 g/mol. The highest BCUT2D eigenvalue weighted by molar-refractivity contribution is 5.94. The molecule has 0 bridgehead atoms. The van der Waals surface area contributed by atoms with Gasteiger partial charge in [-0.2, -0.15) is 0 Å². The third-order valence-electron chi connectivity index (χ3n) is 3.16. The predicted molar refractivity (Wildman–Crippen MR) is 80.2 cm³/mol. The van der Waals surface area contributed by atoms with Gasteiger partial charge in [0.05, 0.1) is 19.1 Å². The Morgan fingerprint density at radius 1 is 1.29 bits per heavy atom. The fourth-order valence-corrected chi connectivity index (χ4v) is 1.88. The van der Waals surface area contributed by atoms with Gasteiger partial charge in [-0.05, 0) is 19.1 Å². The summed E-state index contributed by atoms with van der Waals surface area (Å²) in [7, 11) is 1.57. The number of carboxylic acids is 1. The second kappa shape index (κ2) is 9.10. The fraction of sp³-hybridized carbons (Fsp3) is 0.467. The van der Waals surface area contributed by atoms with E-state index < -0.39 is 12.0 Å². The minimum absolute atomic E-state index is 0.00727. The van der Waals surface area contributed by atoms with Crippen molar-refractivity contribution in [2.24, 2.45) is 0 Å². The zero-order valence-corrected chi connectivity index (χ0v) is 12.4. The number of carbonyl (C=O) groups is 2. The van der Waals surface area contributed by atoms with E-state index in [2.05, 4.69) is 5.32 Å². The van der Waals surface area contributed by atoms with Crippen LogP contribution in [0.1, 0.15) is 13.3 Å². The summed E-state index contributed by atoms with van der Waals surface area (Å²) in [6.45, 7) is 3.02. The van der Waals surface area contributed by atoms with E-state index in [4.69, 9.17) is 9.84 Å². The highest BCUT2D eigenvalue weighted by Crippen LogP contribution is 2.08. The zero-order chi connectivity index (χ0) is 15.7. The summed E-state index contributed by atoms with van der Waals surface area (Å²) in [5, 5.41) is 11.6. The van der Waals surface area contributed by atoms with Crippen molar-refractivity contribution in [2.75, 3.05) is 32.1 Å². The van der Waals surface area contributed by atoms with Gasteiger partial charge in [-0.3, -0.25) is 14.5 Å². The van der Waals surface area contributed by atoms with Gasteiger partial charge in [0.1, 0.15) is 0 Å². The molecule has 1 unspecified atom stereocenters. The first kappa shape index (κ1) is 17.1. The standard InChI is InChI=1S/C15H22N2O4/c1-12(15(20)16-13-6-4-3-5-7-13)17(10-11-21-2)9-8-14(18)19/h3-7,12H,8-11H2,1-2H3,(H,16,20)(H,18,19). The van der Waals surface area contributed by atoms with Gasteiger partial charge in [0, 0.05) is 25.9 Å². The molecule has 1 aromatic rings. The average Bonchev–Trinajstić information content (AvgIpc) is 2.47. The molecule has 0 aliphatic carbocycles. The molecule has 0 fully saturated rings. The first-order valence-electron chi connectivity index (χ1n) is 6.85. The van der Waals surface area contributed by atoms with Gasteiger partial charge in [-0.1, -0.05) is 18.2 Å². The van der Waals surface area contributed by atoms with E-state index in [1.54, 1.807) is 31.1 Å². The summed E-state index contributed by atoms with van der Waals surface area (Å²) >= 11 is 0. The third-order valence-corrected chi connectivity index (χ3v) is 3.16. The van der Waals surface area contributed by atoms with E-state index >= 15 is 0 Å². The number of nitrogens with one attached hydrogen (secondary N) is 1. The van der Waals surface area contributed by atoms with Crippen molar-refractivity contribution in [2.45, 2.75) is 19.4 Å². The molecule has 0 aromatic heterocycles. The number of anilines is 1. The van der Waals surface area contributed by atoms with Crippen molar-refractivity contribution in [3.05, 3.63) is 30.3 Å². The molecule has 6 nitrogen and oxygen atoms in total. The van der Waals surface area contributed by atoms with Gasteiger partial charge in [0.25, 0.3) is 0 Å². The number of benzene rings is 1. The highest BCUT2D eigenvalue weighted by Gasteiger charge is 2.21. The van der Waals surface area contributed by atoms with Crippen LogP contribution in [0, 0.1) is 0 Å². The molecule has 0 aliphatic rings. The fourth-order valence-electron chi connectivity index (χ4n) is 1.88. The van der Waals surface area contributed by atoms with Crippen LogP contribution in [0.25, 0.3) is 0 Å².